The van der Waals surface area contributed by atoms with E-state index in [0.29, 0.717) is 36.1 Å². The lowest BCUT2D eigenvalue weighted by Gasteiger charge is -2.34. The van der Waals surface area contributed by atoms with Crippen molar-refractivity contribution in [3.63, 3.8) is 0 Å². The molecule has 2 saturated carbocycles. The Morgan fingerprint density at radius 2 is 1.78 bits per heavy atom. The molecule has 3 rings (SSSR count). The van der Waals surface area contributed by atoms with Crippen molar-refractivity contribution in [2.75, 3.05) is 18.1 Å². The molecule has 1 aliphatic heterocycles. The lowest BCUT2D eigenvalue weighted by atomic mass is 9.86. The number of nitrogens with zero attached hydrogens (tertiary/aromatic N) is 1. The lowest BCUT2D eigenvalue weighted by molar-refractivity contribution is 0.297. The second-order valence-electron chi connectivity index (χ2n) is 9.08. The van der Waals surface area contributed by atoms with E-state index in [1.807, 2.05) is 0 Å². The van der Waals surface area contributed by atoms with Gasteiger partial charge in [-0.3, -0.25) is 4.99 Å². The Hall–Kier alpha value is -0.0500. The van der Waals surface area contributed by atoms with E-state index in [1.165, 1.54) is 51.4 Å². The van der Waals surface area contributed by atoms with E-state index in [0.717, 1.165) is 18.3 Å². The summed E-state index contributed by atoms with van der Waals surface area (Å²) in [6.07, 6.45) is 10.9. The van der Waals surface area contributed by atoms with Crippen molar-refractivity contribution >= 4 is 39.8 Å². The van der Waals surface area contributed by atoms with Crippen LogP contribution in [-0.2, 0) is 9.84 Å². The molecule has 1 saturated heterocycles. The summed E-state index contributed by atoms with van der Waals surface area (Å²) in [5, 5.41) is 7.39. The largest absolute Gasteiger partial charge is 0.354 e. The van der Waals surface area contributed by atoms with Gasteiger partial charge in [-0.05, 0) is 49.9 Å². The third kappa shape index (κ3) is 7.37. The van der Waals surface area contributed by atoms with Crippen LogP contribution in [0.5, 0.6) is 0 Å². The standard InChI is InChI=1S/C20H37N3O2S.HI/c1-15-6-5-8-18(12-15)22-20(23-19-9-4-3-7-16(19)2)21-13-17-10-11-26(24,25)14-17;/h15-19H,3-14H2,1-2H3,(H2,21,22,23);1H. The molecule has 0 aromatic rings. The highest BCUT2D eigenvalue weighted by atomic mass is 127. The molecule has 1 heterocycles. The molecule has 7 heteroatoms. The van der Waals surface area contributed by atoms with Crippen molar-refractivity contribution in [3.05, 3.63) is 0 Å². The van der Waals surface area contributed by atoms with Crippen LogP contribution in [0, 0.1) is 17.8 Å². The molecule has 0 radical (unpaired) electrons. The number of guanidine groups is 1. The van der Waals surface area contributed by atoms with Crippen molar-refractivity contribution in [1.29, 1.82) is 0 Å². The van der Waals surface area contributed by atoms with Crippen LogP contribution < -0.4 is 10.6 Å². The maximum atomic E-state index is 11.7. The first-order valence-electron chi connectivity index (χ1n) is 10.7. The SMILES string of the molecule is CC1CCCC(NC(=NCC2CCS(=O)(=O)C2)NC2CCCCC2C)C1.I. The van der Waals surface area contributed by atoms with E-state index in [2.05, 4.69) is 24.5 Å². The quantitative estimate of drug-likeness (QED) is 0.343. The van der Waals surface area contributed by atoms with E-state index < -0.39 is 9.84 Å². The number of sulfone groups is 1. The molecule has 3 aliphatic rings. The van der Waals surface area contributed by atoms with Gasteiger partial charge in [0.2, 0.25) is 0 Å². The summed E-state index contributed by atoms with van der Waals surface area (Å²) in [6.45, 7) is 5.29. The summed E-state index contributed by atoms with van der Waals surface area (Å²) in [4.78, 5) is 4.85. The molecular weight excluding hydrogens is 473 g/mol. The Morgan fingerprint density at radius 1 is 1.00 bits per heavy atom. The first kappa shape index (κ1) is 23.2. The average Bonchev–Trinajstić information content (AvgIpc) is 2.94. The molecule has 0 aromatic heterocycles. The third-order valence-corrected chi connectivity index (χ3v) is 8.38. The van der Waals surface area contributed by atoms with Gasteiger partial charge in [0, 0.05) is 18.6 Å². The van der Waals surface area contributed by atoms with Gasteiger partial charge < -0.3 is 10.6 Å². The first-order chi connectivity index (χ1) is 12.4. The number of halogens is 1. The Labute approximate surface area is 182 Å². The van der Waals surface area contributed by atoms with Crippen LogP contribution >= 0.6 is 24.0 Å². The van der Waals surface area contributed by atoms with E-state index >= 15 is 0 Å². The highest BCUT2D eigenvalue weighted by molar-refractivity contribution is 14.0. The Morgan fingerprint density at radius 3 is 2.44 bits per heavy atom. The van der Waals surface area contributed by atoms with E-state index in [-0.39, 0.29) is 29.9 Å². The molecule has 2 N–H and O–H groups in total. The summed E-state index contributed by atoms with van der Waals surface area (Å²) < 4.78 is 23.4. The van der Waals surface area contributed by atoms with Gasteiger partial charge in [-0.2, -0.15) is 0 Å². The average molecular weight is 512 g/mol. The van der Waals surface area contributed by atoms with Gasteiger partial charge in [-0.15, -0.1) is 24.0 Å². The van der Waals surface area contributed by atoms with Gasteiger partial charge in [-0.25, -0.2) is 8.42 Å². The Bertz CT molecular complexity index is 596. The molecule has 0 spiro atoms. The minimum Gasteiger partial charge on any atom is -0.354 e. The van der Waals surface area contributed by atoms with Crippen LogP contribution in [0.25, 0.3) is 0 Å². The molecule has 5 atom stereocenters. The molecular formula is C20H38IN3O2S. The van der Waals surface area contributed by atoms with Crippen molar-refractivity contribution < 1.29 is 8.42 Å². The molecule has 3 fully saturated rings. The van der Waals surface area contributed by atoms with Crippen LogP contribution in [0.4, 0.5) is 0 Å². The third-order valence-electron chi connectivity index (χ3n) is 6.55. The second-order valence-corrected chi connectivity index (χ2v) is 11.3. The maximum Gasteiger partial charge on any atom is 0.191 e. The zero-order chi connectivity index (χ0) is 18.6. The fourth-order valence-electron chi connectivity index (χ4n) is 4.83. The fourth-order valence-corrected chi connectivity index (χ4v) is 6.68. The van der Waals surface area contributed by atoms with Gasteiger partial charge in [0.1, 0.15) is 0 Å². The van der Waals surface area contributed by atoms with E-state index in [9.17, 15) is 8.42 Å². The fraction of sp³-hybridized carbons (Fsp3) is 0.950. The second kappa shape index (κ2) is 10.6. The Kier molecular flexibility index (Phi) is 9.16. The molecule has 158 valence electrons. The van der Waals surface area contributed by atoms with Gasteiger partial charge >= 0.3 is 0 Å². The van der Waals surface area contributed by atoms with Crippen LogP contribution in [0.3, 0.4) is 0 Å². The predicted octanol–water partition coefficient (Wildman–Crippen LogP) is 3.73. The number of nitrogens with one attached hydrogen (secondary N) is 2. The van der Waals surface area contributed by atoms with Crippen LogP contribution in [0.1, 0.15) is 71.6 Å². The zero-order valence-electron chi connectivity index (χ0n) is 17.0. The molecule has 2 aliphatic carbocycles. The van der Waals surface area contributed by atoms with Crippen molar-refractivity contribution in [2.24, 2.45) is 22.7 Å². The normalized spacial score (nSPS) is 36.7. The van der Waals surface area contributed by atoms with Crippen molar-refractivity contribution in [3.8, 4) is 0 Å². The smallest absolute Gasteiger partial charge is 0.191 e. The minimum absolute atomic E-state index is 0. The summed E-state index contributed by atoms with van der Waals surface area (Å²) in [6, 6.07) is 0.986. The predicted molar refractivity (Wildman–Crippen MR) is 124 cm³/mol. The molecule has 0 bridgehead atoms. The summed E-state index contributed by atoms with van der Waals surface area (Å²) in [5.74, 6) is 3.21. The zero-order valence-corrected chi connectivity index (χ0v) is 20.1. The van der Waals surface area contributed by atoms with Crippen LogP contribution in [-0.4, -0.2) is 44.5 Å². The number of hydrogen-bond donors (Lipinski definition) is 2. The molecule has 0 aromatic carbocycles. The van der Waals surface area contributed by atoms with Crippen LogP contribution in [0.15, 0.2) is 4.99 Å². The summed E-state index contributed by atoms with van der Waals surface area (Å²) >= 11 is 0. The van der Waals surface area contributed by atoms with Gasteiger partial charge in [0.25, 0.3) is 0 Å². The van der Waals surface area contributed by atoms with E-state index in [1.54, 1.807) is 0 Å². The number of rotatable bonds is 4. The topological polar surface area (TPSA) is 70.6 Å². The van der Waals surface area contributed by atoms with E-state index in [4.69, 9.17) is 4.99 Å². The van der Waals surface area contributed by atoms with Gasteiger partial charge in [0.15, 0.2) is 15.8 Å². The summed E-state index contributed by atoms with van der Waals surface area (Å²) in [7, 11) is -2.82. The Balaban J connectivity index is 0.00000261. The minimum atomic E-state index is -2.82. The van der Waals surface area contributed by atoms with Gasteiger partial charge in [0.05, 0.1) is 11.5 Å². The highest BCUT2D eigenvalue weighted by Gasteiger charge is 2.28. The molecule has 5 unspecified atom stereocenters. The van der Waals surface area contributed by atoms with Crippen molar-refractivity contribution in [2.45, 2.75) is 83.7 Å². The first-order valence-corrected chi connectivity index (χ1v) is 12.5. The molecule has 0 amide bonds. The monoisotopic (exact) mass is 511 g/mol. The highest BCUT2D eigenvalue weighted by Crippen LogP contribution is 2.25. The number of hydrogen-bond acceptors (Lipinski definition) is 3. The van der Waals surface area contributed by atoms with Gasteiger partial charge in [-0.1, -0.05) is 39.5 Å². The molecule has 5 nitrogen and oxygen atoms in total. The molecule has 27 heavy (non-hydrogen) atoms. The van der Waals surface area contributed by atoms with Crippen LogP contribution in [0.2, 0.25) is 0 Å². The lowest BCUT2D eigenvalue weighted by Crippen LogP contribution is -2.51. The maximum absolute atomic E-state index is 11.7. The summed E-state index contributed by atoms with van der Waals surface area (Å²) in [5.41, 5.74) is 0. The van der Waals surface area contributed by atoms with Crippen molar-refractivity contribution in [1.82, 2.24) is 10.6 Å². The number of aliphatic imine (C=N–C) groups is 1.